The smallest absolute Gasteiger partial charge is 0.330 e. The average Bonchev–Trinajstić information content (AvgIpc) is 2.52. The van der Waals surface area contributed by atoms with E-state index in [1.54, 1.807) is 26.8 Å². The molecule has 0 spiro atoms. The quantitative estimate of drug-likeness (QED) is 0.523. The van der Waals surface area contributed by atoms with E-state index in [1.165, 1.54) is 6.08 Å². The number of aliphatic hydroxyl groups excluding tert-OH is 1. The Kier molecular flexibility index (Phi) is 18.7. The molecule has 0 aromatic carbocycles. The first-order valence-electron chi connectivity index (χ1n) is 7.39. The van der Waals surface area contributed by atoms with E-state index >= 15 is 0 Å². The summed E-state index contributed by atoms with van der Waals surface area (Å²) in [7, 11) is 0. The largest absolute Gasteiger partial charge is 0.478 e. The lowest BCUT2D eigenvalue weighted by molar-refractivity contribution is -0.133. The van der Waals surface area contributed by atoms with Gasteiger partial charge in [0.1, 0.15) is 0 Å². The van der Waals surface area contributed by atoms with Gasteiger partial charge < -0.3 is 21.1 Å². The molecule has 0 aromatic rings. The van der Waals surface area contributed by atoms with E-state index in [1.807, 2.05) is 6.92 Å². The molecule has 24 heavy (non-hydrogen) atoms. The third-order valence-corrected chi connectivity index (χ3v) is 2.69. The van der Waals surface area contributed by atoms with Gasteiger partial charge in [-0.15, -0.1) is 0 Å². The topological polar surface area (TPSA) is 138 Å². The highest BCUT2D eigenvalue weighted by Gasteiger charge is 2.00. The molecule has 0 aliphatic heterocycles. The van der Waals surface area contributed by atoms with Crippen molar-refractivity contribution in [2.45, 2.75) is 47.0 Å². The maximum Gasteiger partial charge on any atom is 0.330 e. The monoisotopic (exact) mass is 343 g/mol. The van der Waals surface area contributed by atoms with Gasteiger partial charge in [0.2, 0.25) is 5.91 Å². The summed E-state index contributed by atoms with van der Waals surface area (Å²) >= 11 is 0. The molecule has 7 nitrogen and oxygen atoms in total. The van der Waals surface area contributed by atoms with Crippen molar-refractivity contribution in [1.29, 1.82) is 0 Å². The minimum Gasteiger partial charge on any atom is -0.478 e. The van der Waals surface area contributed by atoms with Gasteiger partial charge in [0.25, 0.3) is 0 Å². The van der Waals surface area contributed by atoms with Crippen molar-refractivity contribution in [3.05, 3.63) is 35.5 Å². The molecule has 0 aliphatic rings. The molecule has 0 unspecified atom stereocenters. The van der Waals surface area contributed by atoms with Crippen LogP contribution in [0.1, 0.15) is 47.0 Å². The second kappa shape index (κ2) is 17.0. The van der Waals surface area contributed by atoms with Crippen molar-refractivity contribution in [2.24, 2.45) is 5.73 Å². The molecule has 7 heteroatoms. The highest BCUT2D eigenvalue weighted by Crippen LogP contribution is 2.03. The molecular weight excluding hydrogens is 314 g/mol. The predicted molar refractivity (Wildman–Crippen MR) is 93.4 cm³/mol. The number of amides is 1. The van der Waals surface area contributed by atoms with Crippen LogP contribution in [0.3, 0.4) is 0 Å². The Morgan fingerprint density at radius 2 is 1.58 bits per heavy atom. The number of primary amides is 1. The SMILES string of the molecule is C=C(CCCC)C(=O)O.CC(=CCO)C(N)=O.CC=C(C)C(=O)O. The van der Waals surface area contributed by atoms with E-state index in [2.05, 4.69) is 6.58 Å². The van der Waals surface area contributed by atoms with Gasteiger partial charge in [-0.25, -0.2) is 9.59 Å². The molecule has 138 valence electrons. The zero-order valence-corrected chi connectivity index (χ0v) is 14.8. The molecule has 0 bridgehead atoms. The standard InChI is InChI=1S/C7H12O2.C5H9NO2.C5H8O2/c1-3-4-5-6(2)7(8)9;1-4(2-3-7)5(6)8;1-3-4(2)5(6)7/h2-5H2,1H3,(H,8,9);2,7H,3H2,1H3,(H2,6,8);3H,1-2H3,(H,6,7). The number of nitrogens with two attached hydrogens (primary N) is 1. The lowest BCUT2D eigenvalue weighted by Crippen LogP contribution is -2.11. The Morgan fingerprint density at radius 3 is 1.75 bits per heavy atom. The fourth-order valence-electron chi connectivity index (χ4n) is 0.858. The number of allylic oxidation sites excluding steroid dienone is 1. The van der Waals surface area contributed by atoms with E-state index in [0.717, 1.165) is 12.8 Å². The van der Waals surface area contributed by atoms with Gasteiger partial charge in [0.15, 0.2) is 0 Å². The number of carbonyl (C=O) groups is 3. The first-order valence-corrected chi connectivity index (χ1v) is 7.39. The van der Waals surface area contributed by atoms with Crippen molar-refractivity contribution in [3.8, 4) is 0 Å². The number of aliphatic carboxylic acids is 2. The average molecular weight is 343 g/mol. The number of aliphatic hydroxyl groups is 1. The van der Waals surface area contributed by atoms with Gasteiger partial charge in [-0.05, 0) is 33.6 Å². The summed E-state index contributed by atoms with van der Waals surface area (Å²) < 4.78 is 0. The molecular formula is C17H29NO6. The zero-order valence-electron chi connectivity index (χ0n) is 14.8. The molecule has 0 aliphatic carbocycles. The van der Waals surface area contributed by atoms with Crippen molar-refractivity contribution in [3.63, 3.8) is 0 Å². The molecule has 0 saturated carbocycles. The zero-order chi connectivity index (χ0) is 19.7. The van der Waals surface area contributed by atoms with Crippen molar-refractivity contribution < 1.29 is 29.7 Å². The second-order valence-electron chi connectivity index (χ2n) is 4.72. The molecule has 0 heterocycles. The lowest BCUT2D eigenvalue weighted by Gasteiger charge is -1.95. The Bertz CT molecular complexity index is 477. The number of carboxylic acid groups (broad SMARTS) is 2. The summed E-state index contributed by atoms with van der Waals surface area (Å²) in [4.78, 5) is 30.1. The van der Waals surface area contributed by atoms with Crippen LogP contribution in [0, 0.1) is 0 Å². The molecule has 0 rings (SSSR count). The molecule has 5 N–H and O–H groups in total. The summed E-state index contributed by atoms with van der Waals surface area (Å²) in [6.45, 7) is 10.1. The number of unbranched alkanes of at least 4 members (excludes halogenated alkanes) is 1. The van der Waals surface area contributed by atoms with Crippen LogP contribution in [0.25, 0.3) is 0 Å². The lowest BCUT2D eigenvalue weighted by atomic mass is 10.1. The number of carboxylic acids is 2. The molecule has 1 amide bonds. The number of rotatable bonds is 7. The van der Waals surface area contributed by atoms with Crippen LogP contribution in [0.15, 0.2) is 35.5 Å². The minimum absolute atomic E-state index is 0.130. The Labute approximate surface area is 143 Å². The number of hydrogen-bond acceptors (Lipinski definition) is 4. The Hall–Kier alpha value is -2.41. The molecule has 0 saturated heterocycles. The summed E-state index contributed by atoms with van der Waals surface area (Å²) in [5.41, 5.74) is 5.90. The van der Waals surface area contributed by atoms with Crippen molar-refractivity contribution in [1.82, 2.24) is 0 Å². The van der Waals surface area contributed by atoms with Crippen LogP contribution in [-0.4, -0.2) is 39.8 Å². The summed E-state index contributed by atoms with van der Waals surface area (Å²) in [5.74, 6) is -2.20. The highest BCUT2D eigenvalue weighted by molar-refractivity contribution is 5.91. The van der Waals surface area contributed by atoms with E-state index < -0.39 is 17.8 Å². The predicted octanol–water partition coefficient (Wildman–Crippen LogP) is 2.26. The summed E-state index contributed by atoms with van der Waals surface area (Å²) in [5, 5.41) is 24.6. The molecule has 0 aromatic heterocycles. The van der Waals surface area contributed by atoms with Gasteiger partial charge in [-0.3, -0.25) is 4.79 Å². The van der Waals surface area contributed by atoms with E-state index in [0.29, 0.717) is 23.1 Å². The van der Waals surface area contributed by atoms with Crippen LogP contribution in [0.5, 0.6) is 0 Å². The normalized spacial score (nSPS) is 10.5. The summed E-state index contributed by atoms with van der Waals surface area (Å²) in [6.07, 6.45) is 5.48. The maximum absolute atomic E-state index is 10.1. The molecule has 0 fully saturated rings. The van der Waals surface area contributed by atoms with Gasteiger partial charge in [0, 0.05) is 16.7 Å². The van der Waals surface area contributed by atoms with Crippen LogP contribution in [0.2, 0.25) is 0 Å². The third kappa shape index (κ3) is 19.6. The second-order valence-corrected chi connectivity index (χ2v) is 4.72. The van der Waals surface area contributed by atoms with Gasteiger partial charge >= 0.3 is 11.9 Å². The van der Waals surface area contributed by atoms with Crippen LogP contribution in [-0.2, 0) is 14.4 Å². The first kappa shape index (κ1) is 26.5. The van der Waals surface area contributed by atoms with Crippen LogP contribution in [0.4, 0.5) is 0 Å². The van der Waals surface area contributed by atoms with Crippen molar-refractivity contribution >= 4 is 17.8 Å². The van der Waals surface area contributed by atoms with E-state index in [-0.39, 0.29) is 6.61 Å². The summed E-state index contributed by atoms with van der Waals surface area (Å²) in [6, 6.07) is 0. The minimum atomic E-state index is -0.872. The number of carbonyl (C=O) groups excluding carboxylic acids is 1. The van der Waals surface area contributed by atoms with Gasteiger partial charge in [-0.2, -0.15) is 0 Å². The van der Waals surface area contributed by atoms with Gasteiger partial charge in [-0.1, -0.05) is 32.1 Å². The Balaban J connectivity index is -0.000000278. The Morgan fingerprint density at radius 1 is 1.08 bits per heavy atom. The molecule has 0 radical (unpaired) electrons. The van der Waals surface area contributed by atoms with Crippen molar-refractivity contribution in [2.75, 3.05) is 6.61 Å². The van der Waals surface area contributed by atoms with E-state index in [9.17, 15) is 14.4 Å². The highest BCUT2D eigenvalue weighted by atomic mass is 16.4. The fraction of sp³-hybridized carbons (Fsp3) is 0.471. The van der Waals surface area contributed by atoms with E-state index in [4.69, 9.17) is 21.1 Å². The van der Waals surface area contributed by atoms with Gasteiger partial charge in [0.05, 0.1) is 6.61 Å². The molecule has 0 atom stereocenters. The van der Waals surface area contributed by atoms with Crippen LogP contribution >= 0.6 is 0 Å². The third-order valence-electron chi connectivity index (χ3n) is 2.69. The number of hydrogen-bond donors (Lipinski definition) is 4. The van der Waals surface area contributed by atoms with Crippen LogP contribution < -0.4 is 5.73 Å². The fourth-order valence-corrected chi connectivity index (χ4v) is 0.858. The maximum atomic E-state index is 10.1. The first-order chi connectivity index (χ1) is 11.0.